The molecule has 3 N–H and O–H groups in total. The first-order valence-electron chi connectivity index (χ1n) is 8.40. The van der Waals surface area contributed by atoms with Crippen molar-refractivity contribution in [2.75, 3.05) is 19.6 Å². The number of halogens is 1. The summed E-state index contributed by atoms with van der Waals surface area (Å²) in [6.45, 7) is 5.91. The third kappa shape index (κ3) is 10.6. The van der Waals surface area contributed by atoms with Gasteiger partial charge < -0.3 is 20.7 Å². The van der Waals surface area contributed by atoms with E-state index in [2.05, 4.69) is 16.0 Å². The molecule has 8 heteroatoms. The van der Waals surface area contributed by atoms with E-state index in [1.54, 1.807) is 39.0 Å². The van der Waals surface area contributed by atoms with Crippen molar-refractivity contribution in [2.45, 2.75) is 39.2 Å². The zero-order valence-corrected chi connectivity index (χ0v) is 16.1. The molecule has 0 aliphatic heterocycles. The summed E-state index contributed by atoms with van der Waals surface area (Å²) in [5.74, 6) is -0.425. The van der Waals surface area contributed by atoms with Gasteiger partial charge in [-0.15, -0.1) is 0 Å². The second-order valence-electron chi connectivity index (χ2n) is 6.72. The lowest BCUT2D eigenvalue weighted by Gasteiger charge is -2.19. The predicted molar refractivity (Wildman–Crippen MR) is 100 cm³/mol. The summed E-state index contributed by atoms with van der Waals surface area (Å²) >= 11 is 5.87. The zero-order chi connectivity index (χ0) is 19.6. The Morgan fingerprint density at radius 1 is 1.04 bits per heavy atom. The SMILES string of the molecule is CC(C)(C)OC(=O)NCC(=O)NCCCNC(=O)Cc1cccc(Cl)c1. The van der Waals surface area contributed by atoms with Gasteiger partial charge in [-0.3, -0.25) is 9.59 Å². The predicted octanol–water partition coefficient (Wildman–Crippen LogP) is 2.03. The lowest BCUT2D eigenvalue weighted by atomic mass is 10.1. The Balaban J connectivity index is 2.10. The zero-order valence-electron chi connectivity index (χ0n) is 15.4. The average molecular weight is 384 g/mol. The number of alkyl carbamates (subject to hydrolysis) is 1. The van der Waals surface area contributed by atoms with Crippen molar-refractivity contribution in [3.63, 3.8) is 0 Å². The van der Waals surface area contributed by atoms with Gasteiger partial charge >= 0.3 is 6.09 Å². The molecule has 0 spiro atoms. The lowest BCUT2D eigenvalue weighted by molar-refractivity contribution is -0.120. The number of nitrogens with one attached hydrogen (secondary N) is 3. The Bertz CT molecular complexity index is 629. The van der Waals surface area contributed by atoms with E-state index in [9.17, 15) is 14.4 Å². The molecular formula is C18H26ClN3O4. The van der Waals surface area contributed by atoms with Crippen LogP contribution in [-0.4, -0.2) is 43.1 Å². The summed E-state index contributed by atoms with van der Waals surface area (Å²) in [6, 6.07) is 7.14. The van der Waals surface area contributed by atoms with E-state index in [4.69, 9.17) is 16.3 Å². The van der Waals surface area contributed by atoms with E-state index in [0.717, 1.165) is 5.56 Å². The minimum atomic E-state index is -0.638. The van der Waals surface area contributed by atoms with Crippen LogP contribution < -0.4 is 16.0 Å². The van der Waals surface area contributed by atoms with Crippen LogP contribution in [0.5, 0.6) is 0 Å². The second-order valence-corrected chi connectivity index (χ2v) is 7.15. The standard InChI is InChI=1S/C18H26ClN3O4/c1-18(2,3)26-17(25)22-12-16(24)21-9-5-8-20-15(23)11-13-6-4-7-14(19)10-13/h4,6-7,10H,5,8-9,11-12H2,1-3H3,(H,20,23)(H,21,24)(H,22,25). The highest BCUT2D eigenvalue weighted by atomic mass is 35.5. The number of benzene rings is 1. The normalized spacial score (nSPS) is 10.8. The minimum Gasteiger partial charge on any atom is -0.444 e. The monoisotopic (exact) mass is 383 g/mol. The Kier molecular flexibility index (Phi) is 8.92. The molecule has 0 saturated heterocycles. The summed E-state index contributed by atoms with van der Waals surface area (Å²) in [7, 11) is 0. The number of hydrogen-bond donors (Lipinski definition) is 3. The van der Waals surface area contributed by atoms with Gasteiger partial charge in [-0.05, 0) is 44.9 Å². The highest BCUT2D eigenvalue weighted by molar-refractivity contribution is 6.30. The van der Waals surface area contributed by atoms with E-state index >= 15 is 0 Å². The number of carbonyl (C=O) groups excluding carboxylic acids is 3. The Labute approximate surface area is 158 Å². The molecule has 144 valence electrons. The number of amides is 3. The number of hydrogen-bond acceptors (Lipinski definition) is 4. The number of rotatable bonds is 8. The first-order chi connectivity index (χ1) is 12.2. The van der Waals surface area contributed by atoms with Crippen LogP contribution in [0.4, 0.5) is 4.79 Å². The smallest absolute Gasteiger partial charge is 0.408 e. The van der Waals surface area contributed by atoms with E-state index < -0.39 is 11.7 Å². The summed E-state index contributed by atoms with van der Waals surface area (Å²) in [6.07, 6.45) is 0.201. The topological polar surface area (TPSA) is 96.5 Å². The maximum absolute atomic E-state index is 11.8. The summed E-state index contributed by atoms with van der Waals surface area (Å²) in [5.41, 5.74) is 0.237. The molecule has 26 heavy (non-hydrogen) atoms. The van der Waals surface area contributed by atoms with Crippen LogP contribution in [0.3, 0.4) is 0 Å². The Hall–Kier alpha value is -2.28. The highest BCUT2D eigenvalue weighted by Crippen LogP contribution is 2.10. The van der Waals surface area contributed by atoms with Crippen LogP contribution in [0.15, 0.2) is 24.3 Å². The van der Waals surface area contributed by atoms with Gasteiger partial charge in [0, 0.05) is 18.1 Å². The van der Waals surface area contributed by atoms with Crippen LogP contribution in [0.25, 0.3) is 0 Å². The summed E-state index contributed by atoms with van der Waals surface area (Å²) in [4.78, 5) is 34.8. The lowest BCUT2D eigenvalue weighted by Crippen LogP contribution is -2.40. The largest absolute Gasteiger partial charge is 0.444 e. The molecule has 7 nitrogen and oxygen atoms in total. The van der Waals surface area contributed by atoms with Crippen molar-refractivity contribution >= 4 is 29.5 Å². The minimum absolute atomic E-state index is 0.106. The molecule has 0 aliphatic rings. The third-order valence-electron chi connectivity index (χ3n) is 3.04. The van der Waals surface area contributed by atoms with Gasteiger partial charge in [-0.1, -0.05) is 23.7 Å². The van der Waals surface area contributed by atoms with Gasteiger partial charge in [0.2, 0.25) is 11.8 Å². The van der Waals surface area contributed by atoms with Crippen LogP contribution in [0.1, 0.15) is 32.8 Å². The quantitative estimate of drug-likeness (QED) is 0.598. The molecule has 1 aromatic rings. The first-order valence-corrected chi connectivity index (χ1v) is 8.78. The fraction of sp³-hybridized carbons (Fsp3) is 0.500. The van der Waals surface area contributed by atoms with Gasteiger partial charge in [0.05, 0.1) is 13.0 Å². The second kappa shape index (κ2) is 10.7. The third-order valence-corrected chi connectivity index (χ3v) is 3.28. The van der Waals surface area contributed by atoms with Gasteiger partial charge in [0.1, 0.15) is 5.60 Å². The molecule has 1 rings (SSSR count). The van der Waals surface area contributed by atoms with Crippen molar-refractivity contribution < 1.29 is 19.1 Å². The fourth-order valence-electron chi connectivity index (χ4n) is 1.97. The first kappa shape index (κ1) is 21.8. The van der Waals surface area contributed by atoms with Gasteiger partial charge in [0.15, 0.2) is 0 Å². The molecule has 0 atom stereocenters. The van der Waals surface area contributed by atoms with Crippen LogP contribution in [-0.2, 0) is 20.7 Å². The Morgan fingerprint density at radius 3 is 2.31 bits per heavy atom. The molecule has 0 heterocycles. The van der Waals surface area contributed by atoms with Gasteiger partial charge in [0.25, 0.3) is 0 Å². The van der Waals surface area contributed by atoms with E-state index in [1.165, 1.54) is 0 Å². The maximum atomic E-state index is 11.8. The molecule has 0 unspecified atom stereocenters. The van der Waals surface area contributed by atoms with Crippen molar-refractivity contribution in [3.05, 3.63) is 34.9 Å². The number of carbonyl (C=O) groups is 3. The van der Waals surface area contributed by atoms with Crippen molar-refractivity contribution in [1.82, 2.24) is 16.0 Å². The number of ether oxygens (including phenoxy) is 1. The van der Waals surface area contributed by atoms with E-state index in [-0.39, 0.29) is 24.8 Å². The Morgan fingerprint density at radius 2 is 1.69 bits per heavy atom. The van der Waals surface area contributed by atoms with E-state index in [0.29, 0.717) is 24.5 Å². The van der Waals surface area contributed by atoms with Crippen LogP contribution in [0, 0.1) is 0 Å². The molecule has 0 radical (unpaired) electrons. The molecular weight excluding hydrogens is 358 g/mol. The average Bonchev–Trinajstić information content (AvgIpc) is 2.51. The van der Waals surface area contributed by atoms with Crippen molar-refractivity contribution in [3.8, 4) is 0 Å². The van der Waals surface area contributed by atoms with Crippen molar-refractivity contribution in [1.29, 1.82) is 0 Å². The molecule has 1 aromatic carbocycles. The molecule has 0 bridgehead atoms. The molecule has 0 saturated carbocycles. The van der Waals surface area contributed by atoms with Crippen LogP contribution >= 0.6 is 11.6 Å². The van der Waals surface area contributed by atoms with E-state index in [1.807, 2.05) is 6.07 Å². The highest BCUT2D eigenvalue weighted by Gasteiger charge is 2.16. The molecule has 0 aromatic heterocycles. The molecule has 0 aliphatic carbocycles. The van der Waals surface area contributed by atoms with Gasteiger partial charge in [-0.2, -0.15) is 0 Å². The van der Waals surface area contributed by atoms with Crippen molar-refractivity contribution in [2.24, 2.45) is 0 Å². The maximum Gasteiger partial charge on any atom is 0.408 e. The molecule has 0 fully saturated rings. The van der Waals surface area contributed by atoms with Crippen LogP contribution in [0.2, 0.25) is 5.02 Å². The fourth-order valence-corrected chi connectivity index (χ4v) is 2.18. The summed E-state index contributed by atoms with van der Waals surface area (Å²) in [5, 5.41) is 8.40. The molecule has 3 amide bonds. The van der Waals surface area contributed by atoms with Gasteiger partial charge in [-0.25, -0.2) is 4.79 Å². The summed E-state index contributed by atoms with van der Waals surface area (Å²) < 4.78 is 5.03.